The highest BCUT2D eigenvalue weighted by atomic mass is 32.1. The Kier molecular flexibility index (Phi) is 3.46. The van der Waals surface area contributed by atoms with E-state index >= 15 is 0 Å². The van der Waals surface area contributed by atoms with Gasteiger partial charge in [0.15, 0.2) is 5.69 Å². The first kappa shape index (κ1) is 13.7. The van der Waals surface area contributed by atoms with E-state index in [2.05, 4.69) is 15.5 Å². The van der Waals surface area contributed by atoms with Gasteiger partial charge in [-0.2, -0.15) is 0 Å². The molecular formula is C13H13N3O4S. The summed E-state index contributed by atoms with van der Waals surface area (Å²) in [4.78, 5) is 27.0. The fourth-order valence-corrected chi connectivity index (χ4v) is 2.63. The minimum atomic E-state index is -1.03. The molecule has 0 radical (unpaired) electrons. The topological polar surface area (TPSA) is 105 Å². The van der Waals surface area contributed by atoms with Gasteiger partial charge in [-0.15, -0.1) is 11.3 Å². The number of carbonyl (C=O) groups excluding carboxylic acids is 1. The molecule has 2 aromatic heterocycles. The number of carboxylic acids is 1. The molecule has 1 aliphatic carbocycles. The second-order valence-electron chi connectivity index (χ2n) is 4.95. The minimum absolute atomic E-state index is 0.142. The Bertz CT molecular complexity index is 689. The summed E-state index contributed by atoms with van der Waals surface area (Å²) in [5.74, 6) is -0.239. The van der Waals surface area contributed by atoms with Crippen molar-refractivity contribution in [2.45, 2.75) is 31.7 Å². The van der Waals surface area contributed by atoms with E-state index in [9.17, 15) is 9.59 Å². The third kappa shape index (κ3) is 2.94. The summed E-state index contributed by atoms with van der Waals surface area (Å²) in [6.45, 7) is 1.74. The molecule has 110 valence electrons. The predicted molar refractivity (Wildman–Crippen MR) is 73.4 cm³/mol. The van der Waals surface area contributed by atoms with Gasteiger partial charge in [-0.3, -0.25) is 4.79 Å². The number of aromatic nitrogens is 2. The third-order valence-corrected chi connectivity index (χ3v) is 4.36. The van der Waals surface area contributed by atoms with Gasteiger partial charge in [-0.25, -0.2) is 9.78 Å². The Morgan fingerprint density at radius 3 is 2.90 bits per heavy atom. The smallest absolute Gasteiger partial charge is 0.347 e. The summed E-state index contributed by atoms with van der Waals surface area (Å²) in [5.41, 5.74) is 0.235. The maximum Gasteiger partial charge on any atom is 0.347 e. The highest BCUT2D eigenvalue weighted by molar-refractivity contribution is 7.13. The molecule has 0 bridgehead atoms. The minimum Gasteiger partial charge on any atom is -0.477 e. The van der Waals surface area contributed by atoms with Crippen molar-refractivity contribution in [2.75, 3.05) is 0 Å². The molecule has 1 aliphatic rings. The van der Waals surface area contributed by atoms with Crippen LogP contribution in [0.5, 0.6) is 0 Å². The van der Waals surface area contributed by atoms with Crippen LogP contribution in [-0.2, 0) is 0 Å². The molecule has 2 aromatic rings. The first-order chi connectivity index (χ1) is 10.0. The third-order valence-electron chi connectivity index (χ3n) is 3.19. The van der Waals surface area contributed by atoms with Crippen molar-refractivity contribution in [2.24, 2.45) is 0 Å². The SMILES string of the molecule is CC(NC(=O)c1cc(C2CC2)on1)c1ncc(C(=O)O)s1. The normalized spacial score (nSPS) is 15.7. The molecule has 21 heavy (non-hydrogen) atoms. The van der Waals surface area contributed by atoms with Crippen LogP contribution in [0.4, 0.5) is 0 Å². The Balaban J connectivity index is 1.66. The van der Waals surface area contributed by atoms with Crippen LogP contribution in [0.3, 0.4) is 0 Å². The zero-order chi connectivity index (χ0) is 15.0. The van der Waals surface area contributed by atoms with Gasteiger partial charge in [-0.1, -0.05) is 5.16 Å². The molecule has 0 aromatic carbocycles. The fourth-order valence-electron chi connectivity index (χ4n) is 1.88. The lowest BCUT2D eigenvalue weighted by Gasteiger charge is -2.09. The summed E-state index contributed by atoms with van der Waals surface area (Å²) < 4.78 is 5.13. The lowest BCUT2D eigenvalue weighted by Crippen LogP contribution is -2.26. The number of nitrogens with zero attached hydrogens (tertiary/aromatic N) is 2. The monoisotopic (exact) mass is 307 g/mol. The van der Waals surface area contributed by atoms with E-state index in [1.54, 1.807) is 13.0 Å². The van der Waals surface area contributed by atoms with Gasteiger partial charge in [0.05, 0.1) is 12.2 Å². The Labute approximate surface area is 124 Å². The van der Waals surface area contributed by atoms with Crippen LogP contribution < -0.4 is 5.32 Å². The van der Waals surface area contributed by atoms with Gasteiger partial charge >= 0.3 is 5.97 Å². The molecule has 8 heteroatoms. The number of hydrogen-bond acceptors (Lipinski definition) is 6. The van der Waals surface area contributed by atoms with Crippen molar-refractivity contribution in [3.8, 4) is 0 Å². The summed E-state index contributed by atoms with van der Waals surface area (Å²) >= 11 is 1.04. The molecule has 7 nitrogen and oxygen atoms in total. The molecule has 1 atom stereocenters. The standard InChI is InChI=1S/C13H13N3O4S/c1-6(12-14-5-10(21-12)13(18)19)15-11(17)8-4-9(20-16-8)7-2-3-7/h4-7H,2-3H2,1H3,(H,15,17)(H,18,19). The molecule has 2 N–H and O–H groups in total. The second kappa shape index (κ2) is 5.28. The Morgan fingerprint density at radius 1 is 1.52 bits per heavy atom. The van der Waals surface area contributed by atoms with Crippen molar-refractivity contribution in [3.05, 3.63) is 33.6 Å². The molecule has 0 spiro atoms. The number of nitrogens with one attached hydrogen (secondary N) is 1. The summed E-state index contributed by atoms with van der Waals surface area (Å²) in [6, 6.07) is 1.27. The fraction of sp³-hybridized carbons (Fsp3) is 0.385. The quantitative estimate of drug-likeness (QED) is 0.877. The van der Waals surface area contributed by atoms with Crippen LogP contribution >= 0.6 is 11.3 Å². The van der Waals surface area contributed by atoms with Crippen LogP contribution in [0.2, 0.25) is 0 Å². The van der Waals surface area contributed by atoms with Gasteiger partial charge < -0.3 is 14.9 Å². The zero-order valence-electron chi connectivity index (χ0n) is 11.2. The lowest BCUT2D eigenvalue weighted by atomic mass is 10.2. The molecule has 1 unspecified atom stereocenters. The van der Waals surface area contributed by atoms with Crippen molar-refractivity contribution < 1.29 is 19.2 Å². The number of aromatic carboxylic acids is 1. The van der Waals surface area contributed by atoms with E-state index in [0.717, 1.165) is 29.9 Å². The van der Waals surface area contributed by atoms with Crippen LogP contribution in [0.15, 0.2) is 16.8 Å². The molecule has 3 rings (SSSR count). The van der Waals surface area contributed by atoms with E-state index < -0.39 is 12.0 Å². The van der Waals surface area contributed by atoms with Crippen LogP contribution in [0.1, 0.15) is 62.7 Å². The average Bonchev–Trinajstić information content (AvgIpc) is 3.00. The van der Waals surface area contributed by atoms with Crippen molar-refractivity contribution in [1.29, 1.82) is 0 Å². The van der Waals surface area contributed by atoms with Crippen LogP contribution in [0.25, 0.3) is 0 Å². The van der Waals surface area contributed by atoms with E-state index in [-0.39, 0.29) is 16.5 Å². The lowest BCUT2D eigenvalue weighted by molar-refractivity contribution is 0.0701. The largest absolute Gasteiger partial charge is 0.477 e. The molecule has 1 saturated carbocycles. The first-order valence-corrected chi connectivity index (χ1v) is 7.32. The Morgan fingerprint density at radius 2 is 2.29 bits per heavy atom. The highest BCUT2D eigenvalue weighted by Crippen LogP contribution is 2.40. The molecule has 0 aliphatic heterocycles. The number of thiazole rings is 1. The van der Waals surface area contributed by atoms with Crippen molar-refractivity contribution in [1.82, 2.24) is 15.5 Å². The van der Waals surface area contributed by atoms with E-state index in [4.69, 9.17) is 9.63 Å². The van der Waals surface area contributed by atoms with Crippen LogP contribution in [0, 0.1) is 0 Å². The van der Waals surface area contributed by atoms with Gasteiger partial charge in [0.1, 0.15) is 15.6 Å². The molecule has 2 heterocycles. The number of hydrogen-bond donors (Lipinski definition) is 2. The highest BCUT2D eigenvalue weighted by Gasteiger charge is 2.29. The van der Waals surface area contributed by atoms with Crippen molar-refractivity contribution >= 4 is 23.2 Å². The van der Waals surface area contributed by atoms with E-state index in [0.29, 0.717) is 10.9 Å². The number of carbonyl (C=O) groups is 2. The predicted octanol–water partition coefficient (Wildman–Crippen LogP) is 2.20. The summed E-state index contributed by atoms with van der Waals surface area (Å²) in [6.07, 6.45) is 3.43. The number of amides is 1. The van der Waals surface area contributed by atoms with Crippen LogP contribution in [-0.4, -0.2) is 27.1 Å². The molecule has 1 amide bonds. The van der Waals surface area contributed by atoms with Gasteiger partial charge in [0.25, 0.3) is 5.91 Å². The first-order valence-electron chi connectivity index (χ1n) is 6.51. The van der Waals surface area contributed by atoms with Gasteiger partial charge in [-0.05, 0) is 19.8 Å². The van der Waals surface area contributed by atoms with E-state index in [1.807, 2.05) is 0 Å². The maximum absolute atomic E-state index is 12.1. The maximum atomic E-state index is 12.1. The van der Waals surface area contributed by atoms with E-state index in [1.165, 1.54) is 6.20 Å². The Hall–Kier alpha value is -2.22. The molecular weight excluding hydrogens is 294 g/mol. The number of carboxylic acid groups (broad SMARTS) is 1. The average molecular weight is 307 g/mol. The molecule has 0 saturated heterocycles. The van der Waals surface area contributed by atoms with Crippen molar-refractivity contribution in [3.63, 3.8) is 0 Å². The number of rotatable bonds is 5. The van der Waals surface area contributed by atoms with Gasteiger partial charge in [0.2, 0.25) is 0 Å². The summed E-state index contributed by atoms with van der Waals surface area (Å²) in [7, 11) is 0. The molecule has 1 fully saturated rings. The zero-order valence-corrected chi connectivity index (χ0v) is 12.0. The second-order valence-corrected chi connectivity index (χ2v) is 6.01. The summed E-state index contributed by atoms with van der Waals surface area (Å²) in [5, 5.41) is 15.9. The van der Waals surface area contributed by atoms with Gasteiger partial charge in [0, 0.05) is 12.0 Å².